The second kappa shape index (κ2) is 4.09. The largest absolute Gasteiger partial charge is 0.425 e. The summed E-state index contributed by atoms with van der Waals surface area (Å²) in [4.78, 5) is 0. The van der Waals surface area contributed by atoms with E-state index >= 15 is 0 Å². The van der Waals surface area contributed by atoms with Gasteiger partial charge in [-0.3, -0.25) is 0 Å². The molecule has 1 aromatic rings. The van der Waals surface area contributed by atoms with E-state index in [0.29, 0.717) is 24.1 Å². The monoisotopic (exact) mass is 202 g/mol. The Morgan fingerprint density at radius 1 is 1.38 bits per heavy atom. The SMILES string of the molecule is CCC(C)(C)c1nnc(CCCl)o1. The van der Waals surface area contributed by atoms with E-state index in [9.17, 15) is 0 Å². The van der Waals surface area contributed by atoms with Crippen LogP contribution in [0, 0.1) is 0 Å². The second-order valence-electron chi connectivity index (χ2n) is 3.68. The Labute approximate surface area is 83.5 Å². The average molecular weight is 203 g/mol. The van der Waals surface area contributed by atoms with E-state index in [4.69, 9.17) is 16.0 Å². The second-order valence-corrected chi connectivity index (χ2v) is 4.06. The van der Waals surface area contributed by atoms with Crippen LogP contribution in [-0.4, -0.2) is 16.1 Å². The van der Waals surface area contributed by atoms with Crippen molar-refractivity contribution in [1.29, 1.82) is 0 Å². The Bertz CT molecular complexity index is 270. The van der Waals surface area contributed by atoms with Crippen LogP contribution >= 0.6 is 11.6 Å². The standard InChI is InChI=1S/C9H15ClN2O/c1-4-9(2,3)8-12-11-7(13-8)5-6-10/h4-6H2,1-3H3. The lowest BCUT2D eigenvalue weighted by molar-refractivity contribution is 0.346. The van der Waals surface area contributed by atoms with Gasteiger partial charge in [-0.15, -0.1) is 21.8 Å². The summed E-state index contributed by atoms with van der Waals surface area (Å²) in [6.45, 7) is 6.28. The number of halogens is 1. The molecule has 0 atom stereocenters. The molecule has 0 aliphatic carbocycles. The summed E-state index contributed by atoms with van der Waals surface area (Å²) in [7, 11) is 0. The summed E-state index contributed by atoms with van der Waals surface area (Å²) in [5.41, 5.74) is -0.0302. The van der Waals surface area contributed by atoms with E-state index in [1.165, 1.54) is 0 Å². The van der Waals surface area contributed by atoms with Crippen molar-refractivity contribution in [2.45, 2.75) is 39.0 Å². The van der Waals surface area contributed by atoms with Crippen molar-refractivity contribution < 1.29 is 4.42 Å². The quantitative estimate of drug-likeness (QED) is 0.705. The molecular formula is C9H15ClN2O. The Morgan fingerprint density at radius 3 is 2.62 bits per heavy atom. The van der Waals surface area contributed by atoms with Crippen LogP contribution in [0.25, 0.3) is 0 Å². The van der Waals surface area contributed by atoms with Gasteiger partial charge in [0.05, 0.1) is 0 Å². The summed E-state index contributed by atoms with van der Waals surface area (Å²) in [6.07, 6.45) is 1.63. The third-order valence-corrected chi connectivity index (χ3v) is 2.43. The first-order chi connectivity index (χ1) is 6.10. The highest BCUT2D eigenvalue weighted by Crippen LogP contribution is 2.25. The summed E-state index contributed by atoms with van der Waals surface area (Å²) in [5.74, 6) is 1.86. The van der Waals surface area contributed by atoms with Gasteiger partial charge in [0, 0.05) is 17.7 Å². The molecule has 0 aromatic carbocycles. The van der Waals surface area contributed by atoms with Crippen molar-refractivity contribution >= 4 is 11.6 Å². The number of hydrogen-bond donors (Lipinski definition) is 0. The van der Waals surface area contributed by atoms with Crippen molar-refractivity contribution in [3.05, 3.63) is 11.8 Å². The maximum atomic E-state index is 5.57. The third-order valence-electron chi connectivity index (χ3n) is 2.24. The maximum Gasteiger partial charge on any atom is 0.222 e. The molecule has 0 N–H and O–H groups in total. The summed E-state index contributed by atoms with van der Waals surface area (Å²) in [5, 5.41) is 7.92. The maximum absolute atomic E-state index is 5.57. The highest BCUT2D eigenvalue weighted by Gasteiger charge is 2.24. The molecule has 4 heteroatoms. The number of hydrogen-bond acceptors (Lipinski definition) is 3. The Balaban J connectivity index is 2.79. The Hall–Kier alpha value is -0.570. The lowest BCUT2D eigenvalue weighted by Crippen LogP contribution is -2.15. The smallest absolute Gasteiger partial charge is 0.222 e. The minimum absolute atomic E-state index is 0.0302. The van der Waals surface area contributed by atoms with E-state index < -0.39 is 0 Å². The van der Waals surface area contributed by atoms with Crippen LogP contribution in [0.2, 0.25) is 0 Å². The van der Waals surface area contributed by atoms with Crippen LogP contribution in [0.4, 0.5) is 0 Å². The zero-order chi connectivity index (χ0) is 9.90. The Kier molecular flexibility index (Phi) is 3.31. The molecule has 0 unspecified atom stereocenters. The van der Waals surface area contributed by atoms with Crippen molar-refractivity contribution in [2.24, 2.45) is 0 Å². The van der Waals surface area contributed by atoms with Crippen LogP contribution in [-0.2, 0) is 11.8 Å². The molecule has 0 saturated carbocycles. The first-order valence-corrected chi connectivity index (χ1v) is 5.02. The highest BCUT2D eigenvalue weighted by molar-refractivity contribution is 6.17. The van der Waals surface area contributed by atoms with Gasteiger partial charge >= 0.3 is 0 Å². The molecule has 3 nitrogen and oxygen atoms in total. The summed E-state index contributed by atoms with van der Waals surface area (Å²) >= 11 is 5.57. The van der Waals surface area contributed by atoms with E-state index in [0.717, 1.165) is 6.42 Å². The fraction of sp³-hybridized carbons (Fsp3) is 0.778. The van der Waals surface area contributed by atoms with E-state index in [2.05, 4.69) is 31.0 Å². The van der Waals surface area contributed by atoms with E-state index in [1.54, 1.807) is 0 Å². The fourth-order valence-corrected chi connectivity index (χ4v) is 1.02. The molecule has 1 rings (SSSR count). The number of aryl methyl sites for hydroxylation is 1. The normalized spacial score (nSPS) is 12.0. The molecule has 0 aliphatic heterocycles. The predicted octanol–water partition coefficient (Wildman–Crippen LogP) is 2.54. The fourth-order valence-electron chi connectivity index (χ4n) is 0.860. The molecule has 1 heterocycles. The lowest BCUT2D eigenvalue weighted by Gasteiger charge is -2.16. The van der Waals surface area contributed by atoms with Gasteiger partial charge < -0.3 is 4.42 Å². The minimum atomic E-state index is -0.0302. The molecule has 0 spiro atoms. The highest BCUT2D eigenvalue weighted by atomic mass is 35.5. The lowest BCUT2D eigenvalue weighted by atomic mass is 9.90. The van der Waals surface area contributed by atoms with Crippen molar-refractivity contribution in [3.8, 4) is 0 Å². The van der Waals surface area contributed by atoms with Gasteiger partial charge in [-0.05, 0) is 6.42 Å². The zero-order valence-corrected chi connectivity index (χ0v) is 9.06. The van der Waals surface area contributed by atoms with Crippen molar-refractivity contribution in [2.75, 3.05) is 5.88 Å². The van der Waals surface area contributed by atoms with E-state index in [-0.39, 0.29) is 5.41 Å². The molecule has 0 aliphatic rings. The molecule has 0 fully saturated rings. The molecule has 13 heavy (non-hydrogen) atoms. The first-order valence-electron chi connectivity index (χ1n) is 4.49. The zero-order valence-electron chi connectivity index (χ0n) is 8.30. The molecule has 0 radical (unpaired) electrons. The molecule has 0 bridgehead atoms. The third kappa shape index (κ3) is 2.44. The summed E-state index contributed by atoms with van der Waals surface area (Å²) in [6, 6.07) is 0. The first kappa shape index (κ1) is 10.5. The average Bonchev–Trinajstić information content (AvgIpc) is 2.54. The topological polar surface area (TPSA) is 38.9 Å². The molecule has 0 saturated heterocycles. The molecular weight excluding hydrogens is 188 g/mol. The number of aromatic nitrogens is 2. The van der Waals surface area contributed by atoms with Gasteiger partial charge in [-0.1, -0.05) is 20.8 Å². The van der Waals surface area contributed by atoms with Gasteiger partial charge in [0.1, 0.15) is 0 Å². The van der Waals surface area contributed by atoms with Gasteiger partial charge in [-0.2, -0.15) is 0 Å². The van der Waals surface area contributed by atoms with Crippen LogP contribution in [0.1, 0.15) is 39.0 Å². The predicted molar refractivity (Wildman–Crippen MR) is 52.0 cm³/mol. The van der Waals surface area contributed by atoms with Crippen LogP contribution < -0.4 is 0 Å². The number of rotatable bonds is 4. The van der Waals surface area contributed by atoms with Gasteiger partial charge in [-0.25, -0.2) is 0 Å². The van der Waals surface area contributed by atoms with Crippen molar-refractivity contribution in [3.63, 3.8) is 0 Å². The Morgan fingerprint density at radius 2 is 2.08 bits per heavy atom. The van der Waals surface area contributed by atoms with Crippen LogP contribution in [0.3, 0.4) is 0 Å². The minimum Gasteiger partial charge on any atom is -0.425 e. The summed E-state index contributed by atoms with van der Waals surface area (Å²) < 4.78 is 5.47. The molecule has 1 aromatic heterocycles. The number of nitrogens with zero attached hydrogens (tertiary/aromatic N) is 2. The molecule has 74 valence electrons. The van der Waals surface area contributed by atoms with Gasteiger partial charge in [0.25, 0.3) is 0 Å². The van der Waals surface area contributed by atoms with Gasteiger partial charge in [0.2, 0.25) is 11.8 Å². The molecule has 0 amide bonds. The number of alkyl halides is 1. The van der Waals surface area contributed by atoms with Crippen LogP contribution in [0.5, 0.6) is 0 Å². The van der Waals surface area contributed by atoms with Crippen LogP contribution in [0.15, 0.2) is 4.42 Å². The van der Waals surface area contributed by atoms with Gasteiger partial charge in [0.15, 0.2) is 0 Å². The van der Waals surface area contributed by atoms with E-state index in [1.807, 2.05) is 0 Å². The van der Waals surface area contributed by atoms with Crippen molar-refractivity contribution in [1.82, 2.24) is 10.2 Å².